The van der Waals surface area contributed by atoms with Crippen LogP contribution in [0.2, 0.25) is 0 Å². The standard InChI is InChI=1S/C14H24N6O/c1-10(11-4-2-3-5-11)16-13-17-12(15)18-14(19-13)20-6-8-21-9-7-20/h10-11H,2-9H2,1H3,(H3,15,16,17,18,19). The number of morpholine rings is 1. The van der Waals surface area contributed by atoms with Crippen molar-refractivity contribution in [2.45, 2.75) is 38.6 Å². The van der Waals surface area contributed by atoms with Crippen LogP contribution in [0.25, 0.3) is 0 Å². The van der Waals surface area contributed by atoms with Crippen molar-refractivity contribution in [2.75, 3.05) is 42.3 Å². The van der Waals surface area contributed by atoms with Crippen LogP contribution in [0.15, 0.2) is 0 Å². The van der Waals surface area contributed by atoms with Gasteiger partial charge in [0.15, 0.2) is 0 Å². The van der Waals surface area contributed by atoms with Crippen molar-refractivity contribution in [2.24, 2.45) is 5.92 Å². The first kappa shape index (κ1) is 14.3. The molecule has 1 saturated heterocycles. The van der Waals surface area contributed by atoms with Crippen molar-refractivity contribution in [1.82, 2.24) is 15.0 Å². The van der Waals surface area contributed by atoms with E-state index in [9.17, 15) is 0 Å². The average Bonchev–Trinajstić information content (AvgIpc) is 3.02. The van der Waals surface area contributed by atoms with Gasteiger partial charge < -0.3 is 20.7 Å². The number of aromatic nitrogens is 3. The molecule has 1 aliphatic heterocycles. The Morgan fingerprint density at radius 2 is 1.90 bits per heavy atom. The monoisotopic (exact) mass is 292 g/mol. The van der Waals surface area contributed by atoms with Crippen molar-refractivity contribution in [3.05, 3.63) is 0 Å². The third-order valence-corrected chi connectivity index (χ3v) is 4.40. The van der Waals surface area contributed by atoms with Crippen LogP contribution in [0.5, 0.6) is 0 Å². The predicted molar refractivity (Wildman–Crippen MR) is 82.3 cm³/mol. The Hall–Kier alpha value is -1.63. The molecule has 1 atom stereocenters. The van der Waals surface area contributed by atoms with Gasteiger partial charge >= 0.3 is 0 Å². The van der Waals surface area contributed by atoms with Crippen LogP contribution in [0, 0.1) is 5.92 Å². The van der Waals surface area contributed by atoms with Gasteiger partial charge in [-0.2, -0.15) is 15.0 Å². The highest BCUT2D eigenvalue weighted by molar-refractivity contribution is 5.42. The summed E-state index contributed by atoms with van der Waals surface area (Å²) in [7, 11) is 0. The van der Waals surface area contributed by atoms with Gasteiger partial charge in [0.05, 0.1) is 13.2 Å². The van der Waals surface area contributed by atoms with Crippen LogP contribution in [-0.2, 0) is 4.74 Å². The van der Waals surface area contributed by atoms with E-state index in [-0.39, 0.29) is 5.95 Å². The molecule has 0 radical (unpaired) electrons. The lowest BCUT2D eigenvalue weighted by atomic mass is 10.0. The fourth-order valence-electron chi connectivity index (χ4n) is 3.13. The van der Waals surface area contributed by atoms with Gasteiger partial charge in [0, 0.05) is 19.1 Å². The van der Waals surface area contributed by atoms with Gasteiger partial charge in [0.2, 0.25) is 17.8 Å². The highest BCUT2D eigenvalue weighted by atomic mass is 16.5. The Balaban J connectivity index is 1.70. The molecular weight excluding hydrogens is 268 g/mol. The van der Waals surface area contributed by atoms with Crippen molar-refractivity contribution in [3.8, 4) is 0 Å². The maximum atomic E-state index is 5.84. The SMILES string of the molecule is CC(Nc1nc(N)nc(N2CCOCC2)n1)C1CCCC1. The lowest BCUT2D eigenvalue weighted by Gasteiger charge is -2.27. The quantitative estimate of drug-likeness (QED) is 0.864. The fourth-order valence-corrected chi connectivity index (χ4v) is 3.13. The van der Waals surface area contributed by atoms with Crippen LogP contribution in [0.3, 0.4) is 0 Å². The van der Waals surface area contributed by atoms with E-state index in [1.54, 1.807) is 0 Å². The van der Waals surface area contributed by atoms with Crippen LogP contribution in [0.4, 0.5) is 17.8 Å². The van der Waals surface area contributed by atoms with Gasteiger partial charge in [-0.25, -0.2) is 0 Å². The van der Waals surface area contributed by atoms with E-state index in [0.29, 0.717) is 37.1 Å². The number of rotatable bonds is 4. The summed E-state index contributed by atoms with van der Waals surface area (Å²) >= 11 is 0. The average molecular weight is 292 g/mol. The molecule has 1 aromatic rings. The number of nitrogens with zero attached hydrogens (tertiary/aromatic N) is 4. The van der Waals surface area contributed by atoms with Gasteiger partial charge in [-0.1, -0.05) is 12.8 Å². The minimum atomic E-state index is 0.271. The van der Waals surface area contributed by atoms with E-state index >= 15 is 0 Å². The first-order valence-corrected chi connectivity index (χ1v) is 7.83. The van der Waals surface area contributed by atoms with E-state index in [1.165, 1.54) is 25.7 Å². The van der Waals surface area contributed by atoms with Gasteiger partial charge in [0.1, 0.15) is 0 Å². The Labute approximate surface area is 125 Å². The van der Waals surface area contributed by atoms with Crippen LogP contribution in [-0.4, -0.2) is 47.3 Å². The van der Waals surface area contributed by atoms with E-state index in [1.807, 2.05) is 0 Å². The predicted octanol–water partition coefficient (Wildman–Crippen LogP) is 1.28. The summed E-state index contributed by atoms with van der Waals surface area (Å²) in [6.45, 7) is 5.19. The Morgan fingerprint density at radius 1 is 1.19 bits per heavy atom. The molecule has 0 bridgehead atoms. The zero-order valence-corrected chi connectivity index (χ0v) is 12.6. The highest BCUT2D eigenvalue weighted by Gasteiger charge is 2.23. The first-order chi connectivity index (χ1) is 10.2. The molecule has 7 nitrogen and oxygen atoms in total. The topological polar surface area (TPSA) is 89.2 Å². The molecule has 1 saturated carbocycles. The van der Waals surface area contributed by atoms with E-state index in [2.05, 4.69) is 32.1 Å². The van der Waals surface area contributed by atoms with Crippen molar-refractivity contribution in [3.63, 3.8) is 0 Å². The number of anilines is 3. The van der Waals surface area contributed by atoms with Gasteiger partial charge in [-0.05, 0) is 25.7 Å². The molecule has 3 rings (SSSR count). The smallest absolute Gasteiger partial charge is 0.232 e. The molecule has 116 valence electrons. The second-order valence-electron chi connectivity index (χ2n) is 5.89. The lowest BCUT2D eigenvalue weighted by molar-refractivity contribution is 0.122. The van der Waals surface area contributed by atoms with Gasteiger partial charge in [0.25, 0.3) is 0 Å². The zero-order chi connectivity index (χ0) is 14.7. The number of ether oxygens (including phenoxy) is 1. The largest absolute Gasteiger partial charge is 0.378 e. The maximum absolute atomic E-state index is 5.84. The maximum Gasteiger partial charge on any atom is 0.232 e. The fraction of sp³-hybridized carbons (Fsp3) is 0.786. The zero-order valence-electron chi connectivity index (χ0n) is 12.6. The van der Waals surface area contributed by atoms with Gasteiger partial charge in [-0.15, -0.1) is 0 Å². The minimum absolute atomic E-state index is 0.271. The number of nitrogens with one attached hydrogen (secondary N) is 1. The van der Waals surface area contributed by atoms with Crippen molar-refractivity contribution >= 4 is 17.8 Å². The number of hydrogen-bond donors (Lipinski definition) is 2. The lowest BCUT2D eigenvalue weighted by Crippen LogP contribution is -2.37. The molecule has 2 fully saturated rings. The molecule has 0 amide bonds. The summed E-state index contributed by atoms with van der Waals surface area (Å²) in [6, 6.07) is 0.367. The molecule has 7 heteroatoms. The Bertz CT molecular complexity index is 471. The molecule has 1 unspecified atom stereocenters. The number of hydrogen-bond acceptors (Lipinski definition) is 7. The number of nitrogens with two attached hydrogens (primary N) is 1. The summed E-state index contributed by atoms with van der Waals surface area (Å²) in [4.78, 5) is 15.1. The summed E-state index contributed by atoms with van der Waals surface area (Å²) in [5.74, 6) is 2.21. The van der Waals surface area contributed by atoms with E-state index in [0.717, 1.165) is 13.1 Å². The normalized spacial score (nSPS) is 21.5. The molecule has 21 heavy (non-hydrogen) atoms. The summed E-state index contributed by atoms with van der Waals surface area (Å²) in [6.07, 6.45) is 5.22. The Morgan fingerprint density at radius 3 is 2.62 bits per heavy atom. The highest BCUT2D eigenvalue weighted by Crippen LogP contribution is 2.29. The second-order valence-corrected chi connectivity index (χ2v) is 5.89. The summed E-state index contributed by atoms with van der Waals surface area (Å²) < 4.78 is 5.35. The molecule has 0 aromatic carbocycles. The third kappa shape index (κ3) is 3.53. The summed E-state index contributed by atoms with van der Waals surface area (Å²) in [5.41, 5.74) is 5.84. The summed E-state index contributed by atoms with van der Waals surface area (Å²) in [5, 5.41) is 3.40. The molecule has 1 aliphatic carbocycles. The molecule has 0 spiro atoms. The first-order valence-electron chi connectivity index (χ1n) is 7.83. The molecule has 2 heterocycles. The van der Waals surface area contributed by atoms with Gasteiger partial charge in [-0.3, -0.25) is 0 Å². The van der Waals surface area contributed by atoms with Crippen LogP contribution in [0.1, 0.15) is 32.6 Å². The molecule has 2 aliphatic rings. The molecule has 1 aromatic heterocycles. The van der Waals surface area contributed by atoms with Crippen LogP contribution >= 0.6 is 0 Å². The van der Waals surface area contributed by atoms with Crippen molar-refractivity contribution in [1.29, 1.82) is 0 Å². The second kappa shape index (κ2) is 6.43. The number of nitrogen functional groups attached to an aromatic ring is 1. The molecular formula is C14H24N6O. The van der Waals surface area contributed by atoms with Crippen LogP contribution < -0.4 is 16.0 Å². The van der Waals surface area contributed by atoms with E-state index in [4.69, 9.17) is 10.5 Å². The third-order valence-electron chi connectivity index (χ3n) is 4.40. The van der Waals surface area contributed by atoms with E-state index < -0.39 is 0 Å². The van der Waals surface area contributed by atoms with Crippen molar-refractivity contribution < 1.29 is 4.74 Å². The Kier molecular flexibility index (Phi) is 4.38. The minimum Gasteiger partial charge on any atom is -0.378 e. The molecule has 3 N–H and O–H groups in total.